The van der Waals surface area contributed by atoms with Crippen LogP contribution in [0.1, 0.15) is 38.2 Å². The predicted octanol–water partition coefficient (Wildman–Crippen LogP) is 2.50. The summed E-state index contributed by atoms with van der Waals surface area (Å²) in [5.74, 6) is 0. The minimum atomic E-state index is 0.448. The molecule has 14 heavy (non-hydrogen) atoms. The van der Waals surface area contributed by atoms with Crippen LogP contribution in [0.15, 0.2) is 24.5 Å². The van der Waals surface area contributed by atoms with Crippen molar-refractivity contribution in [2.75, 3.05) is 0 Å². The van der Waals surface area contributed by atoms with Crippen molar-refractivity contribution >= 4 is 0 Å². The summed E-state index contributed by atoms with van der Waals surface area (Å²) in [6, 6.07) is 4.16. The van der Waals surface area contributed by atoms with E-state index in [1.807, 2.05) is 12.4 Å². The Morgan fingerprint density at radius 3 is 2.57 bits per heavy atom. The molecule has 1 aromatic heterocycles. The lowest BCUT2D eigenvalue weighted by molar-refractivity contribution is 0.175. The Balaban J connectivity index is 1.88. The molecule has 2 rings (SSSR count). The smallest absolute Gasteiger partial charge is 0.0271 e. The van der Waals surface area contributed by atoms with Crippen LogP contribution in [0.25, 0.3) is 0 Å². The first kappa shape index (κ1) is 9.66. The molecule has 1 aromatic rings. The largest absolute Gasteiger partial charge is 0.307 e. The zero-order valence-electron chi connectivity index (χ0n) is 8.79. The van der Waals surface area contributed by atoms with Gasteiger partial charge in [-0.3, -0.25) is 4.98 Å². The Morgan fingerprint density at radius 1 is 1.36 bits per heavy atom. The molecule has 0 atom stereocenters. The molecule has 76 valence electrons. The molecular weight excluding hydrogens is 172 g/mol. The maximum atomic E-state index is 4.02. The van der Waals surface area contributed by atoms with E-state index in [1.54, 1.807) is 0 Å². The number of hydrogen-bond acceptors (Lipinski definition) is 2. The Labute approximate surface area is 85.7 Å². The molecule has 0 aliphatic heterocycles. The van der Waals surface area contributed by atoms with Gasteiger partial charge in [-0.15, -0.1) is 0 Å². The van der Waals surface area contributed by atoms with Crippen molar-refractivity contribution in [3.8, 4) is 0 Å². The van der Waals surface area contributed by atoms with Crippen LogP contribution in [0, 0.1) is 0 Å². The van der Waals surface area contributed by atoms with Crippen molar-refractivity contribution < 1.29 is 0 Å². The lowest BCUT2D eigenvalue weighted by Crippen LogP contribution is -2.49. The summed E-state index contributed by atoms with van der Waals surface area (Å²) in [5.41, 5.74) is 1.78. The molecule has 1 N–H and O–H groups in total. The molecule has 0 radical (unpaired) electrons. The van der Waals surface area contributed by atoms with Gasteiger partial charge in [-0.25, -0.2) is 0 Å². The van der Waals surface area contributed by atoms with Crippen molar-refractivity contribution in [3.05, 3.63) is 30.1 Å². The van der Waals surface area contributed by atoms with Gasteiger partial charge >= 0.3 is 0 Å². The average Bonchev–Trinajstić information content (AvgIpc) is 2.19. The second-order valence-corrected chi connectivity index (χ2v) is 4.20. The fourth-order valence-corrected chi connectivity index (χ4v) is 2.05. The van der Waals surface area contributed by atoms with Crippen LogP contribution >= 0.6 is 0 Å². The van der Waals surface area contributed by atoms with Gasteiger partial charge in [0.1, 0.15) is 0 Å². The van der Waals surface area contributed by atoms with Gasteiger partial charge in [0.2, 0.25) is 0 Å². The van der Waals surface area contributed by atoms with Gasteiger partial charge in [0.05, 0.1) is 0 Å². The van der Waals surface area contributed by atoms with Gasteiger partial charge in [0.25, 0.3) is 0 Å². The molecule has 0 unspecified atom stereocenters. The van der Waals surface area contributed by atoms with Crippen LogP contribution in [0.4, 0.5) is 0 Å². The monoisotopic (exact) mass is 190 g/mol. The molecule has 0 saturated heterocycles. The molecule has 1 fully saturated rings. The first-order valence-electron chi connectivity index (χ1n) is 5.49. The second kappa shape index (κ2) is 4.09. The third kappa shape index (κ3) is 1.95. The van der Waals surface area contributed by atoms with E-state index in [1.165, 1.54) is 31.2 Å². The van der Waals surface area contributed by atoms with Gasteiger partial charge in [-0.1, -0.05) is 6.92 Å². The molecule has 0 aromatic carbocycles. The highest BCUT2D eigenvalue weighted by atomic mass is 15.0. The molecule has 0 amide bonds. The fourth-order valence-electron chi connectivity index (χ4n) is 2.05. The van der Waals surface area contributed by atoms with Gasteiger partial charge in [-0.2, -0.15) is 0 Å². The highest BCUT2D eigenvalue weighted by molar-refractivity contribution is 5.10. The molecular formula is C12H18N2. The summed E-state index contributed by atoms with van der Waals surface area (Å²) < 4.78 is 0. The lowest BCUT2D eigenvalue weighted by Gasteiger charge is -2.42. The summed E-state index contributed by atoms with van der Waals surface area (Å²) in [4.78, 5) is 4.02. The summed E-state index contributed by atoms with van der Waals surface area (Å²) in [5, 5.41) is 3.67. The number of hydrogen-bond donors (Lipinski definition) is 1. The maximum absolute atomic E-state index is 4.02. The number of pyridine rings is 1. The number of aromatic nitrogens is 1. The van der Waals surface area contributed by atoms with Crippen molar-refractivity contribution in [3.63, 3.8) is 0 Å². The van der Waals surface area contributed by atoms with Crippen molar-refractivity contribution in [2.24, 2.45) is 0 Å². The molecule has 2 heteroatoms. The summed E-state index contributed by atoms with van der Waals surface area (Å²) in [7, 11) is 0. The van der Waals surface area contributed by atoms with Crippen molar-refractivity contribution in [1.29, 1.82) is 0 Å². The minimum Gasteiger partial charge on any atom is -0.307 e. The highest BCUT2D eigenvalue weighted by Gasteiger charge is 2.33. The molecule has 0 spiro atoms. The lowest BCUT2D eigenvalue weighted by atomic mass is 9.75. The van der Waals surface area contributed by atoms with Gasteiger partial charge in [0.15, 0.2) is 0 Å². The molecule has 1 heterocycles. The van der Waals surface area contributed by atoms with Crippen LogP contribution in [-0.2, 0) is 6.54 Å². The maximum Gasteiger partial charge on any atom is 0.0271 e. The van der Waals surface area contributed by atoms with E-state index >= 15 is 0 Å². The quantitative estimate of drug-likeness (QED) is 0.789. The van der Waals surface area contributed by atoms with E-state index in [0.29, 0.717) is 5.54 Å². The van der Waals surface area contributed by atoms with E-state index in [4.69, 9.17) is 0 Å². The Bertz CT molecular complexity index is 272. The van der Waals surface area contributed by atoms with E-state index in [0.717, 1.165) is 6.54 Å². The molecule has 0 bridgehead atoms. The Morgan fingerprint density at radius 2 is 2.07 bits per heavy atom. The topological polar surface area (TPSA) is 24.9 Å². The van der Waals surface area contributed by atoms with Gasteiger partial charge in [-0.05, 0) is 43.4 Å². The highest BCUT2D eigenvalue weighted by Crippen LogP contribution is 2.34. The predicted molar refractivity (Wildman–Crippen MR) is 57.9 cm³/mol. The number of rotatable bonds is 4. The zero-order valence-corrected chi connectivity index (χ0v) is 8.79. The Kier molecular flexibility index (Phi) is 2.82. The minimum absolute atomic E-state index is 0.448. The normalized spacial score (nSPS) is 18.9. The fraction of sp³-hybridized carbons (Fsp3) is 0.583. The molecule has 2 nitrogen and oxygen atoms in total. The van der Waals surface area contributed by atoms with Gasteiger partial charge in [0, 0.05) is 24.5 Å². The third-order valence-electron chi connectivity index (χ3n) is 3.40. The zero-order chi connectivity index (χ0) is 9.86. The van der Waals surface area contributed by atoms with E-state index in [-0.39, 0.29) is 0 Å². The Hall–Kier alpha value is -0.890. The number of nitrogens with zero attached hydrogens (tertiary/aromatic N) is 1. The summed E-state index contributed by atoms with van der Waals surface area (Å²) in [6.45, 7) is 3.26. The van der Waals surface area contributed by atoms with Crippen LogP contribution < -0.4 is 5.32 Å². The molecule has 1 aliphatic rings. The van der Waals surface area contributed by atoms with Gasteiger partial charge < -0.3 is 5.32 Å². The average molecular weight is 190 g/mol. The van der Waals surface area contributed by atoms with E-state index < -0.39 is 0 Å². The van der Waals surface area contributed by atoms with Crippen molar-refractivity contribution in [2.45, 2.75) is 44.7 Å². The van der Waals surface area contributed by atoms with Crippen LogP contribution in [0.3, 0.4) is 0 Å². The molecule has 1 aliphatic carbocycles. The molecule has 1 saturated carbocycles. The third-order valence-corrected chi connectivity index (χ3v) is 3.40. The first-order chi connectivity index (χ1) is 6.85. The van der Waals surface area contributed by atoms with Crippen molar-refractivity contribution in [1.82, 2.24) is 10.3 Å². The van der Waals surface area contributed by atoms with Crippen LogP contribution in [-0.4, -0.2) is 10.5 Å². The SMILES string of the molecule is CCC1(NCc2ccncc2)CCC1. The van der Waals surface area contributed by atoms with E-state index in [9.17, 15) is 0 Å². The first-order valence-corrected chi connectivity index (χ1v) is 5.49. The van der Waals surface area contributed by atoms with E-state index in [2.05, 4.69) is 29.4 Å². The number of nitrogens with one attached hydrogen (secondary N) is 1. The van der Waals surface area contributed by atoms with Crippen LogP contribution in [0.5, 0.6) is 0 Å². The summed E-state index contributed by atoms with van der Waals surface area (Å²) >= 11 is 0. The van der Waals surface area contributed by atoms with Crippen LogP contribution in [0.2, 0.25) is 0 Å². The second-order valence-electron chi connectivity index (χ2n) is 4.20. The standard InChI is InChI=1S/C12H18N2/c1-2-12(6-3-7-12)14-10-11-4-8-13-9-5-11/h4-5,8-9,14H,2-3,6-7,10H2,1H3. The summed E-state index contributed by atoms with van der Waals surface area (Å²) in [6.07, 6.45) is 9.03.